The van der Waals surface area contributed by atoms with Gasteiger partial charge in [-0.05, 0) is 124 Å². The lowest BCUT2D eigenvalue weighted by Crippen LogP contribution is -2.38. The van der Waals surface area contributed by atoms with Crippen molar-refractivity contribution in [2.45, 2.75) is 121 Å². The molecule has 4 aliphatic heterocycles. The summed E-state index contributed by atoms with van der Waals surface area (Å²) >= 11 is 6.18. The second-order valence-electron chi connectivity index (χ2n) is 19.1. The van der Waals surface area contributed by atoms with Gasteiger partial charge in [-0.2, -0.15) is 10.4 Å². The molecule has 5 aromatic rings. The molecule has 1 aliphatic carbocycles. The molecule has 2 N–H and O–H groups in total. The van der Waals surface area contributed by atoms with Crippen molar-refractivity contribution >= 4 is 34.8 Å². The minimum absolute atomic E-state index is 0.0639. The summed E-state index contributed by atoms with van der Waals surface area (Å²) in [4.78, 5) is 24.2. The van der Waals surface area contributed by atoms with E-state index in [1.54, 1.807) is 25.1 Å². The molecular formula is C52H61ClN10O4. The van der Waals surface area contributed by atoms with Crippen LogP contribution >= 0.6 is 11.6 Å². The Morgan fingerprint density at radius 3 is 2.49 bits per heavy atom. The fourth-order valence-corrected chi connectivity index (χ4v) is 11.0. The fraction of sp³-hybridized carbons (Fsp3) is 0.500. The minimum Gasteiger partial charge on any atom is -0.490 e. The van der Waals surface area contributed by atoms with Gasteiger partial charge in [0, 0.05) is 81.7 Å². The second-order valence-corrected chi connectivity index (χ2v) is 19.5. The molecule has 2 saturated heterocycles. The summed E-state index contributed by atoms with van der Waals surface area (Å²) in [5.74, 6) is 3.28. The SMILES string of the molecule is CC(=O)N1CCc2c(c(N3CCCc4cc(-c5ccc(CCC6CCN(c7ccc(C(O)NC8CCC(Oc9ccc(C#N)c(Cl)c9)CC8)nn7)CC6)cc5)ncc43)nn2C2CCOCC2)C1. The van der Waals surface area contributed by atoms with E-state index in [2.05, 4.69) is 66.4 Å². The number of ether oxygens (including phenoxy) is 2. The van der Waals surface area contributed by atoms with E-state index < -0.39 is 6.23 Å². The quantitative estimate of drug-likeness (QED) is 0.115. The van der Waals surface area contributed by atoms with Crippen molar-refractivity contribution in [3.05, 3.63) is 106 Å². The number of nitriles is 1. The Bertz CT molecular complexity index is 2560. The predicted molar refractivity (Wildman–Crippen MR) is 257 cm³/mol. The molecule has 350 valence electrons. The van der Waals surface area contributed by atoms with Gasteiger partial charge < -0.3 is 29.3 Å². The van der Waals surface area contributed by atoms with Gasteiger partial charge in [0.25, 0.3) is 0 Å². The third kappa shape index (κ3) is 10.2. The van der Waals surface area contributed by atoms with Crippen molar-refractivity contribution in [3.8, 4) is 23.1 Å². The van der Waals surface area contributed by atoms with E-state index in [4.69, 9.17) is 36.4 Å². The highest BCUT2D eigenvalue weighted by atomic mass is 35.5. The Morgan fingerprint density at radius 1 is 0.955 bits per heavy atom. The molecule has 3 aromatic heterocycles. The number of aromatic nitrogens is 5. The van der Waals surface area contributed by atoms with Crippen LogP contribution < -0.4 is 19.9 Å². The lowest BCUT2D eigenvalue weighted by molar-refractivity contribution is -0.129. The molecule has 3 fully saturated rings. The number of hydrogen-bond acceptors (Lipinski definition) is 12. The summed E-state index contributed by atoms with van der Waals surface area (Å²) in [7, 11) is 0. The molecule has 1 atom stereocenters. The van der Waals surface area contributed by atoms with Gasteiger partial charge in [-0.1, -0.05) is 35.9 Å². The molecule has 14 nitrogen and oxygen atoms in total. The average Bonchev–Trinajstić information content (AvgIpc) is 3.75. The standard InChI is InChI=1S/C52H61ClN10O4/c1-34(64)61-26-20-48-44(33-61)51(59-63(48)41-21-27-66-28-22-41)62-23-2-3-38-29-47(55-32-49(38)62)37-8-6-35(7-9-37)4-5-36-18-24-60(25-19-36)50-17-16-46(57-58-50)52(65)56-40-11-14-42(15-12-40)67-43-13-10-39(31-54)45(53)30-43/h6-10,13,16-17,29-30,32,36,40-42,52,56,65H,2-5,11-12,14-15,18-28,33H2,1H3. The van der Waals surface area contributed by atoms with E-state index in [-0.39, 0.29) is 18.1 Å². The van der Waals surface area contributed by atoms with E-state index in [1.807, 2.05) is 23.2 Å². The number of carbonyl (C=O) groups is 1. The van der Waals surface area contributed by atoms with Crippen molar-refractivity contribution in [2.75, 3.05) is 49.2 Å². The zero-order chi connectivity index (χ0) is 45.9. The number of hydrogen-bond donors (Lipinski definition) is 2. The highest BCUT2D eigenvalue weighted by molar-refractivity contribution is 6.31. The summed E-state index contributed by atoms with van der Waals surface area (Å²) < 4.78 is 14.1. The maximum atomic E-state index is 12.5. The number of aryl methyl sites for hydroxylation is 2. The third-order valence-corrected chi connectivity index (χ3v) is 15.1. The first-order valence-corrected chi connectivity index (χ1v) is 24.8. The fourth-order valence-electron chi connectivity index (χ4n) is 10.8. The molecule has 1 amide bonds. The number of aliphatic hydroxyl groups excluding tert-OH is 1. The molecule has 7 heterocycles. The van der Waals surface area contributed by atoms with E-state index in [0.29, 0.717) is 40.5 Å². The third-order valence-electron chi connectivity index (χ3n) is 14.8. The number of nitrogens with zero attached hydrogens (tertiary/aromatic N) is 9. The molecular weight excluding hydrogens is 864 g/mol. The molecule has 0 spiro atoms. The average molecular weight is 926 g/mol. The Balaban J connectivity index is 0.691. The molecule has 15 heteroatoms. The van der Waals surface area contributed by atoms with Crippen molar-refractivity contribution in [1.29, 1.82) is 5.26 Å². The van der Waals surface area contributed by atoms with Crippen molar-refractivity contribution in [2.24, 2.45) is 5.92 Å². The van der Waals surface area contributed by atoms with Gasteiger partial charge in [-0.3, -0.25) is 19.8 Å². The number of anilines is 3. The first kappa shape index (κ1) is 45.2. The summed E-state index contributed by atoms with van der Waals surface area (Å²) in [6.07, 6.45) is 13.8. The molecule has 0 bridgehead atoms. The maximum absolute atomic E-state index is 12.5. The minimum atomic E-state index is -0.889. The number of piperidine rings is 1. The first-order valence-electron chi connectivity index (χ1n) is 24.4. The number of benzene rings is 2. The zero-order valence-electron chi connectivity index (χ0n) is 38.5. The van der Waals surface area contributed by atoms with Crippen LogP contribution in [0.3, 0.4) is 0 Å². The molecule has 67 heavy (non-hydrogen) atoms. The van der Waals surface area contributed by atoms with Crippen LogP contribution in [0.15, 0.2) is 66.9 Å². The predicted octanol–water partition coefficient (Wildman–Crippen LogP) is 8.42. The number of fused-ring (bicyclic) bond motifs is 2. The van der Waals surface area contributed by atoms with E-state index in [0.717, 1.165) is 151 Å². The topological polar surface area (TPSA) is 158 Å². The molecule has 10 rings (SSSR count). The number of halogens is 1. The monoisotopic (exact) mass is 924 g/mol. The largest absolute Gasteiger partial charge is 0.490 e. The molecule has 1 saturated carbocycles. The van der Waals surface area contributed by atoms with Crippen LogP contribution in [0.4, 0.5) is 17.3 Å². The lowest BCUT2D eigenvalue weighted by atomic mass is 9.90. The van der Waals surface area contributed by atoms with Crippen LogP contribution in [-0.4, -0.2) is 92.4 Å². The van der Waals surface area contributed by atoms with Gasteiger partial charge >= 0.3 is 0 Å². The molecule has 0 radical (unpaired) electrons. The Kier molecular flexibility index (Phi) is 13.7. The summed E-state index contributed by atoms with van der Waals surface area (Å²) in [5, 5.41) is 38.1. The summed E-state index contributed by atoms with van der Waals surface area (Å²) in [6, 6.07) is 22.8. The Hall–Kier alpha value is -5.59. The van der Waals surface area contributed by atoms with E-state index >= 15 is 0 Å². The highest BCUT2D eigenvalue weighted by Crippen LogP contribution is 2.40. The first-order chi connectivity index (χ1) is 32.8. The van der Waals surface area contributed by atoms with Gasteiger partial charge in [0.15, 0.2) is 11.6 Å². The zero-order valence-corrected chi connectivity index (χ0v) is 39.2. The van der Waals surface area contributed by atoms with Crippen LogP contribution in [0.25, 0.3) is 11.3 Å². The van der Waals surface area contributed by atoms with Gasteiger partial charge in [0.1, 0.15) is 23.7 Å². The van der Waals surface area contributed by atoms with Gasteiger partial charge in [0.2, 0.25) is 5.91 Å². The van der Waals surface area contributed by atoms with Crippen LogP contribution in [0.5, 0.6) is 5.75 Å². The summed E-state index contributed by atoms with van der Waals surface area (Å²) in [5.41, 5.74) is 9.32. The highest BCUT2D eigenvalue weighted by Gasteiger charge is 2.34. The molecule has 2 aromatic carbocycles. The molecule has 5 aliphatic rings. The van der Waals surface area contributed by atoms with Crippen LogP contribution in [0, 0.1) is 17.2 Å². The van der Waals surface area contributed by atoms with E-state index in [9.17, 15) is 9.90 Å². The van der Waals surface area contributed by atoms with Crippen molar-refractivity contribution in [3.63, 3.8) is 0 Å². The molecule has 1 unspecified atom stereocenters. The van der Waals surface area contributed by atoms with Crippen LogP contribution in [0.2, 0.25) is 5.02 Å². The van der Waals surface area contributed by atoms with Gasteiger partial charge in [-0.25, -0.2) is 0 Å². The summed E-state index contributed by atoms with van der Waals surface area (Å²) in [6.45, 7) is 7.29. The number of amides is 1. The number of nitrogens with one attached hydrogen (secondary N) is 1. The Labute approximate surface area is 398 Å². The number of rotatable bonds is 12. The van der Waals surface area contributed by atoms with Gasteiger partial charge in [-0.15, -0.1) is 10.2 Å². The van der Waals surface area contributed by atoms with E-state index in [1.165, 1.54) is 22.4 Å². The number of carbonyl (C=O) groups excluding carboxylic acids is 1. The van der Waals surface area contributed by atoms with Crippen molar-refractivity contribution in [1.82, 2.24) is 35.2 Å². The van der Waals surface area contributed by atoms with Crippen molar-refractivity contribution < 1.29 is 19.4 Å². The lowest BCUT2D eigenvalue weighted by Gasteiger charge is -2.33. The van der Waals surface area contributed by atoms with Crippen LogP contribution in [-0.2, 0) is 35.3 Å². The maximum Gasteiger partial charge on any atom is 0.219 e. The smallest absolute Gasteiger partial charge is 0.219 e. The van der Waals surface area contributed by atoms with Crippen LogP contribution in [0.1, 0.15) is 117 Å². The number of pyridine rings is 1. The number of aliphatic hydroxyl groups is 1. The second kappa shape index (κ2) is 20.3. The normalized spacial score (nSPS) is 20.8. The Morgan fingerprint density at radius 2 is 1.76 bits per heavy atom. The van der Waals surface area contributed by atoms with Gasteiger partial charge in [0.05, 0.1) is 46.9 Å².